The minimum Gasteiger partial charge on any atom is -0.321 e. The van der Waals surface area contributed by atoms with E-state index in [9.17, 15) is 5.48 Å². The molecular formula is C57H50F2N4. The summed E-state index contributed by atoms with van der Waals surface area (Å²) < 4.78 is 217. The molecule has 4 nitrogen and oxygen atoms in total. The molecule has 3 heterocycles. The number of pyridine rings is 1. The fourth-order valence-corrected chi connectivity index (χ4v) is 7.90. The minimum absolute atomic E-state index is 0.0792. The van der Waals surface area contributed by atoms with Gasteiger partial charge < -0.3 is 9.80 Å². The van der Waals surface area contributed by atoms with Gasteiger partial charge in [-0.05, 0) is 87.6 Å². The maximum absolute atomic E-state index is 18.4. The number of rotatable bonds is 7. The van der Waals surface area contributed by atoms with E-state index >= 15 is 8.78 Å². The molecule has 7 aromatic carbocycles. The minimum atomic E-state index is -4.23. The predicted molar refractivity (Wildman–Crippen MR) is 258 cm³/mol. The highest BCUT2D eigenvalue weighted by Crippen LogP contribution is 2.51. The summed E-state index contributed by atoms with van der Waals surface area (Å²) in [7, 11) is 0. The van der Waals surface area contributed by atoms with Gasteiger partial charge in [0.1, 0.15) is 12.5 Å². The molecule has 0 spiro atoms. The first-order chi connectivity index (χ1) is 38.6. The van der Waals surface area contributed by atoms with Crippen LogP contribution >= 0.6 is 0 Å². The molecule has 2 aromatic heterocycles. The van der Waals surface area contributed by atoms with Gasteiger partial charge in [0.2, 0.25) is 0 Å². The summed E-state index contributed by atoms with van der Waals surface area (Å²) in [6.07, 6.45) is 1.47. The van der Waals surface area contributed by atoms with E-state index in [1.54, 1.807) is 32.9 Å². The van der Waals surface area contributed by atoms with Crippen molar-refractivity contribution < 1.29 is 36.2 Å². The first-order valence-corrected chi connectivity index (χ1v) is 20.1. The third-order valence-electron chi connectivity index (χ3n) is 11.2. The van der Waals surface area contributed by atoms with Gasteiger partial charge in [-0.1, -0.05) is 162 Å². The van der Waals surface area contributed by atoms with Crippen molar-refractivity contribution in [1.82, 2.24) is 9.55 Å². The Bertz CT molecular complexity index is 4190. The Balaban J connectivity index is 1.27. The summed E-state index contributed by atoms with van der Waals surface area (Å²) in [5.74, 6) is -4.15. The van der Waals surface area contributed by atoms with Crippen LogP contribution < -0.4 is 9.80 Å². The maximum atomic E-state index is 18.4. The van der Waals surface area contributed by atoms with Gasteiger partial charge >= 0.3 is 0 Å². The number of benzene rings is 7. The van der Waals surface area contributed by atoms with Gasteiger partial charge in [-0.3, -0.25) is 4.57 Å². The molecule has 312 valence electrons. The Morgan fingerprint density at radius 3 is 1.75 bits per heavy atom. The molecule has 9 aromatic rings. The van der Waals surface area contributed by atoms with Crippen molar-refractivity contribution in [3.05, 3.63) is 204 Å². The molecule has 0 saturated carbocycles. The van der Waals surface area contributed by atoms with E-state index in [0.29, 0.717) is 0 Å². The maximum Gasteiger partial charge on any atom is 0.298 e. The van der Waals surface area contributed by atoms with Crippen molar-refractivity contribution in [2.45, 2.75) is 58.3 Å². The molecule has 0 atom stereocenters. The zero-order valence-corrected chi connectivity index (χ0v) is 35.0. The van der Waals surface area contributed by atoms with Crippen LogP contribution in [0, 0.1) is 0 Å². The highest BCUT2D eigenvalue weighted by molar-refractivity contribution is 6.09. The van der Waals surface area contributed by atoms with Crippen molar-refractivity contribution in [2.75, 3.05) is 16.5 Å². The van der Waals surface area contributed by atoms with E-state index in [2.05, 4.69) is 4.98 Å². The third-order valence-corrected chi connectivity index (χ3v) is 11.2. The Hall–Kier alpha value is -7.05. The first kappa shape index (κ1) is 23.4. The molecule has 0 radical (unpaired) electrons. The van der Waals surface area contributed by atoms with Crippen LogP contribution in [-0.2, 0) is 16.8 Å². The first-order valence-electron chi connectivity index (χ1n) is 30.1. The number of alkyl halides is 2. The van der Waals surface area contributed by atoms with Crippen LogP contribution in [0.25, 0.3) is 49.9 Å². The van der Waals surface area contributed by atoms with Gasteiger partial charge in [0, 0.05) is 44.9 Å². The molecule has 0 saturated heterocycles. The van der Waals surface area contributed by atoms with Gasteiger partial charge in [-0.15, -0.1) is 0 Å². The van der Waals surface area contributed by atoms with E-state index in [0.717, 1.165) is 17.7 Å². The van der Waals surface area contributed by atoms with E-state index in [-0.39, 0.29) is 67.1 Å². The molecule has 63 heavy (non-hydrogen) atoms. The Labute approximate surface area is 396 Å². The Morgan fingerprint density at radius 2 is 1.10 bits per heavy atom. The second-order valence-electron chi connectivity index (χ2n) is 17.3. The molecule has 1 aliphatic heterocycles. The van der Waals surface area contributed by atoms with Crippen LogP contribution in [0.3, 0.4) is 0 Å². The quantitative estimate of drug-likeness (QED) is 0.160. The molecule has 0 N–H and O–H groups in total. The fourth-order valence-electron chi connectivity index (χ4n) is 7.90. The Morgan fingerprint density at radius 1 is 0.524 bits per heavy atom. The zero-order valence-electron chi connectivity index (χ0n) is 55.0. The second-order valence-corrected chi connectivity index (χ2v) is 17.3. The number of anilines is 4. The smallest absolute Gasteiger partial charge is 0.298 e. The van der Waals surface area contributed by atoms with Crippen molar-refractivity contribution in [3.63, 3.8) is 0 Å². The molecule has 10 rings (SSSR count). The summed E-state index contributed by atoms with van der Waals surface area (Å²) in [6, 6.07) is -2.29. The monoisotopic (exact) mass is 849 g/mol. The summed E-state index contributed by atoms with van der Waals surface area (Å²) in [4.78, 5) is 7.09. The number of hydrogen-bond acceptors (Lipinski definition) is 3. The van der Waals surface area contributed by atoms with E-state index in [1.165, 1.54) is 50.9 Å². The summed E-state index contributed by atoms with van der Waals surface area (Å²) in [5.41, 5.74) is -4.86. The van der Waals surface area contributed by atoms with Crippen molar-refractivity contribution in [2.24, 2.45) is 0 Å². The van der Waals surface area contributed by atoms with Crippen LogP contribution in [0.15, 0.2) is 182 Å². The summed E-state index contributed by atoms with van der Waals surface area (Å²) in [6.45, 7) is 10.3. The average Bonchev–Trinajstić information content (AvgIpc) is 2.73. The number of halogens is 2. The lowest BCUT2D eigenvalue weighted by Gasteiger charge is -2.29. The molecule has 1 aliphatic rings. The van der Waals surface area contributed by atoms with Crippen LogP contribution in [-0.4, -0.2) is 16.2 Å². The normalized spacial score (nSPS) is 17.7. The second kappa shape index (κ2) is 15.1. The van der Waals surface area contributed by atoms with Crippen molar-refractivity contribution >= 4 is 44.6 Å². The van der Waals surface area contributed by atoms with Gasteiger partial charge in [0.05, 0.1) is 55.5 Å². The lowest BCUT2D eigenvalue weighted by molar-refractivity contribution is 0.0428. The molecule has 0 amide bonds. The highest BCUT2D eigenvalue weighted by Gasteiger charge is 2.38. The van der Waals surface area contributed by atoms with Gasteiger partial charge in [-0.25, -0.2) is 4.98 Å². The predicted octanol–water partition coefficient (Wildman–Crippen LogP) is 15.5. The molecular weight excluding hydrogens is 779 g/mol. The SMILES string of the molecule is [2H]c1c([2H])c([2H])c(-c2cccc(-c3c([2H])c([2H])c([2H])c([2H])c3[2H])c2N2CN(c3cc(C(C)(C)C)cc(C(F)(F)c4cc5c(c([2H])c4[2H])c4c([2H])c([2H])c([2H])c([2H])c4n5-c4cc(C(C)(C)C)ccn4)c3)c3c([2H])c([2H])c([2H])c([2H])c32)c([2H])c1[2H]. The highest BCUT2D eigenvalue weighted by atomic mass is 19.3. The van der Waals surface area contributed by atoms with Crippen LogP contribution in [0.2, 0.25) is 0 Å². The van der Waals surface area contributed by atoms with E-state index in [4.69, 9.17) is 21.9 Å². The van der Waals surface area contributed by atoms with Gasteiger partial charge in [0.15, 0.2) is 0 Å². The zero-order chi connectivity index (χ0) is 61.1. The van der Waals surface area contributed by atoms with Crippen LogP contribution in [0.1, 0.15) is 91.2 Å². The molecule has 6 heteroatoms. The third kappa shape index (κ3) is 7.04. The lowest BCUT2D eigenvalue weighted by Crippen LogP contribution is -2.26. The van der Waals surface area contributed by atoms with Gasteiger partial charge in [-0.2, -0.15) is 8.78 Å². The number of fused-ring (bicyclic) bond motifs is 4. The number of para-hydroxylation sites is 4. The van der Waals surface area contributed by atoms with Crippen LogP contribution in [0.4, 0.5) is 31.5 Å². The van der Waals surface area contributed by atoms with E-state index < -0.39 is 167 Å². The summed E-state index contributed by atoms with van der Waals surface area (Å²) in [5, 5.41) is -0.401. The molecule has 0 aliphatic carbocycles. The Kier molecular flexibility index (Phi) is 5.61. The standard InChI is InChI=1S/C57H50F2N4/c1-55(2,3)40-30-31-60-53(36-40)63-49-25-14-13-22-47(49)48-29-28-41(35-52(48)63)57(58,59)43-32-42(56(4,5)6)33-44(34-43)61-37-62(51-27-16-15-26-50(51)61)54-45(38-18-9-7-10-19-38)23-17-24-46(54)39-20-11-8-12-21-39/h7-36H,37H2,1-6H3/i7D,8D,9D,10D,11D,12D,13D,14D,15D,16D,18D,19D,20D,21D,22D,25D,26D,27D,28D,29D. The largest absolute Gasteiger partial charge is 0.321 e. The van der Waals surface area contributed by atoms with E-state index in [1.807, 2.05) is 20.8 Å². The topological polar surface area (TPSA) is 24.3 Å². The molecule has 0 bridgehead atoms. The fraction of sp³-hybridized carbons (Fsp3) is 0.175. The van der Waals surface area contributed by atoms with Crippen LogP contribution in [0.5, 0.6) is 0 Å². The summed E-state index contributed by atoms with van der Waals surface area (Å²) >= 11 is 0. The van der Waals surface area contributed by atoms with Crippen molar-refractivity contribution in [1.29, 1.82) is 0 Å². The van der Waals surface area contributed by atoms with Gasteiger partial charge in [0.25, 0.3) is 5.92 Å². The lowest BCUT2D eigenvalue weighted by atomic mass is 9.84. The van der Waals surface area contributed by atoms with Crippen molar-refractivity contribution in [3.8, 4) is 28.1 Å². The number of hydrogen-bond donors (Lipinski definition) is 0. The number of aromatic nitrogens is 2. The number of nitrogens with zero attached hydrogens (tertiary/aromatic N) is 4. The molecule has 0 unspecified atom stereocenters. The molecule has 0 fully saturated rings. The average molecular weight is 849 g/mol.